The molecular weight excluding hydrogens is 280 g/mol. The molecule has 1 saturated carbocycles. The van der Waals surface area contributed by atoms with E-state index < -0.39 is 17.4 Å². The Labute approximate surface area is 129 Å². The summed E-state index contributed by atoms with van der Waals surface area (Å²) < 4.78 is 9.79. The van der Waals surface area contributed by atoms with E-state index in [1.54, 1.807) is 19.1 Å². The average molecular weight is 299 g/mol. The Morgan fingerprint density at radius 2 is 2.05 bits per heavy atom. The van der Waals surface area contributed by atoms with Crippen molar-refractivity contribution < 1.29 is 11.0 Å². The van der Waals surface area contributed by atoms with Crippen molar-refractivity contribution in [2.75, 3.05) is 0 Å². The molecule has 0 radical (unpaired) electrons. The van der Waals surface area contributed by atoms with Gasteiger partial charge in [0.1, 0.15) is 11.6 Å². The number of hydrogen-bond acceptors (Lipinski definition) is 4. The molecule has 0 unspecified atom stereocenters. The molecule has 0 bridgehead atoms. The van der Waals surface area contributed by atoms with Crippen LogP contribution in [0, 0.1) is 13.8 Å². The quantitative estimate of drug-likeness (QED) is 0.598. The second kappa shape index (κ2) is 5.48. The molecule has 0 amide bonds. The minimum atomic E-state index is -1.75. The van der Waals surface area contributed by atoms with Crippen molar-refractivity contribution in [1.29, 1.82) is 0 Å². The predicted molar refractivity (Wildman–Crippen MR) is 83.0 cm³/mol. The number of nitrogens with zero attached hydrogens (tertiary/aromatic N) is 2. The van der Waals surface area contributed by atoms with Crippen LogP contribution in [0.5, 0.6) is 0 Å². The third kappa shape index (κ3) is 2.47. The summed E-state index contributed by atoms with van der Waals surface area (Å²) >= 11 is 0. The van der Waals surface area contributed by atoms with Gasteiger partial charge in [-0.25, -0.2) is 4.98 Å². The molecule has 0 saturated heterocycles. The van der Waals surface area contributed by atoms with Gasteiger partial charge >= 0.3 is 0 Å². The van der Waals surface area contributed by atoms with Crippen LogP contribution in [0.3, 0.4) is 0 Å². The van der Waals surface area contributed by atoms with Crippen LogP contribution in [0.2, 0.25) is 0 Å². The lowest BCUT2D eigenvalue weighted by molar-refractivity contribution is -0.127. The number of aromatic nitrogens is 2. The molecule has 5 nitrogen and oxygen atoms in total. The lowest BCUT2D eigenvalue weighted by Crippen LogP contribution is -2.32. The first-order valence-electron chi connectivity index (χ1n) is 7.88. The number of carbonyl (C=O) groups excluding carboxylic acids is 2. The van der Waals surface area contributed by atoms with Crippen LogP contribution in [-0.4, -0.2) is 21.1 Å². The molecule has 114 valence electrons. The maximum Gasteiger partial charge on any atom is 0.262 e. The Morgan fingerprint density at radius 3 is 2.82 bits per heavy atom. The van der Waals surface area contributed by atoms with Crippen molar-refractivity contribution >= 4 is 22.5 Å². The van der Waals surface area contributed by atoms with Gasteiger partial charge in [-0.3, -0.25) is 19.0 Å². The van der Waals surface area contributed by atoms with Gasteiger partial charge in [-0.2, -0.15) is 0 Å². The van der Waals surface area contributed by atoms with E-state index >= 15 is 0 Å². The smallest absolute Gasteiger partial charge is 0.262 e. The number of hydrogen-bond donors (Lipinski definition) is 0. The zero-order chi connectivity index (χ0) is 16.8. The maximum atomic E-state index is 12.9. The van der Waals surface area contributed by atoms with Crippen molar-refractivity contribution in [1.82, 2.24) is 9.55 Å². The molecule has 0 N–H and O–H groups in total. The van der Waals surface area contributed by atoms with E-state index in [0.29, 0.717) is 23.1 Å². The molecule has 1 atom stereocenters. The van der Waals surface area contributed by atoms with E-state index in [1.807, 2.05) is 13.0 Å². The Kier molecular flexibility index (Phi) is 3.33. The van der Waals surface area contributed by atoms with Crippen molar-refractivity contribution in [2.45, 2.75) is 45.5 Å². The molecule has 2 aromatic rings. The number of fused-ring (bicyclic) bond motifs is 1. The highest BCUT2D eigenvalue weighted by atomic mass is 16.2. The minimum absolute atomic E-state index is 0.150. The van der Waals surface area contributed by atoms with Crippen molar-refractivity contribution in [3.05, 3.63) is 39.9 Å². The lowest BCUT2D eigenvalue weighted by atomic mass is 10.1. The first-order valence-corrected chi connectivity index (χ1v) is 7.38. The molecule has 1 aromatic carbocycles. The topological polar surface area (TPSA) is 69.0 Å². The van der Waals surface area contributed by atoms with Crippen molar-refractivity contribution in [3.8, 4) is 0 Å². The number of ketones is 2. The van der Waals surface area contributed by atoms with Gasteiger partial charge in [0.2, 0.25) is 0 Å². The fourth-order valence-corrected chi connectivity index (χ4v) is 2.93. The molecule has 0 spiro atoms. The van der Waals surface area contributed by atoms with Crippen molar-refractivity contribution in [2.24, 2.45) is 0 Å². The Bertz CT molecular complexity index is 887. The number of rotatable bonds is 1. The van der Waals surface area contributed by atoms with Crippen molar-refractivity contribution in [3.63, 3.8) is 0 Å². The number of Topliss-reactive ketones (excluding diaryl/α,β-unsaturated/α-hetero) is 2. The molecule has 0 aliphatic heterocycles. The summed E-state index contributed by atoms with van der Waals surface area (Å²) in [6, 6.07) is 3.59. The van der Waals surface area contributed by atoms with Gasteiger partial charge in [0.05, 0.1) is 24.7 Å². The summed E-state index contributed by atoms with van der Waals surface area (Å²) in [5.41, 5.74) is 1.07. The molecule has 1 heterocycles. The van der Waals surface area contributed by atoms with Crippen LogP contribution >= 0.6 is 0 Å². The van der Waals surface area contributed by atoms with Gasteiger partial charge in [0.15, 0.2) is 5.78 Å². The van der Waals surface area contributed by atoms with Crippen LogP contribution in [0.1, 0.15) is 44.5 Å². The van der Waals surface area contributed by atoms with Crippen LogP contribution in [0.15, 0.2) is 23.0 Å². The van der Waals surface area contributed by atoms with Gasteiger partial charge in [0.25, 0.3) is 5.56 Å². The zero-order valence-corrected chi connectivity index (χ0v) is 12.7. The third-order valence-corrected chi connectivity index (χ3v) is 4.01. The van der Waals surface area contributed by atoms with Gasteiger partial charge in [-0.1, -0.05) is 11.6 Å². The lowest BCUT2D eigenvalue weighted by Gasteiger charge is -2.19. The molecular formula is C17H18N2O3. The van der Waals surface area contributed by atoms with E-state index in [1.165, 1.54) is 0 Å². The summed E-state index contributed by atoms with van der Waals surface area (Å²) in [5, 5.41) is 0.394. The fourth-order valence-electron chi connectivity index (χ4n) is 2.93. The van der Waals surface area contributed by atoms with Gasteiger partial charge in [-0.05, 0) is 38.8 Å². The Morgan fingerprint density at radius 1 is 1.27 bits per heavy atom. The number of carbonyl (C=O) groups is 2. The van der Waals surface area contributed by atoms with Crippen LogP contribution in [0.25, 0.3) is 10.9 Å². The largest absolute Gasteiger partial charge is 0.299 e. The molecule has 1 fully saturated rings. The summed E-state index contributed by atoms with van der Waals surface area (Å²) in [6.07, 6.45) is 0.560. The van der Waals surface area contributed by atoms with Gasteiger partial charge in [0, 0.05) is 6.42 Å². The minimum Gasteiger partial charge on any atom is -0.299 e. The second-order valence-electron chi connectivity index (χ2n) is 5.76. The van der Waals surface area contributed by atoms with Gasteiger partial charge < -0.3 is 0 Å². The standard InChI is InChI=1S/C17H18N2O3/c1-10-6-7-14-13(8-10)17(22)19(11(2)18-14)15-5-3-4-12(20)9-16(15)21/h6-8,15H,3-5,9H2,1-2H3/t15-/m1/s1/i15D. The molecule has 1 aromatic heterocycles. The summed E-state index contributed by atoms with van der Waals surface area (Å²) in [4.78, 5) is 41.4. The number of aryl methyl sites for hydroxylation is 2. The van der Waals surface area contributed by atoms with E-state index in [4.69, 9.17) is 1.37 Å². The van der Waals surface area contributed by atoms with E-state index in [2.05, 4.69) is 4.98 Å². The van der Waals surface area contributed by atoms with E-state index in [0.717, 1.165) is 10.1 Å². The maximum absolute atomic E-state index is 12.9. The van der Waals surface area contributed by atoms with E-state index in [9.17, 15) is 14.4 Å². The van der Waals surface area contributed by atoms with E-state index in [-0.39, 0.29) is 25.0 Å². The monoisotopic (exact) mass is 299 g/mol. The Balaban J connectivity index is 2.28. The van der Waals surface area contributed by atoms with Gasteiger partial charge in [-0.15, -0.1) is 0 Å². The summed E-state index contributed by atoms with van der Waals surface area (Å²) in [7, 11) is 0. The highest BCUT2D eigenvalue weighted by Crippen LogP contribution is 2.23. The summed E-state index contributed by atoms with van der Waals surface area (Å²) in [6.45, 7) is 3.49. The normalized spacial score (nSPS) is 23.5. The fraction of sp³-hybridized carbons (Fsp3) is 0.412. The zero-order valence-electron chi connectivity index (χ0n) is 13.7. The SMILES string of the molecule is [2H][C@@]1(n2c(C)nc3ccc(C)cc3c2=O)CCCC(=O)CC1=O. The van der Waals surface area contributed by atoms with Crippen LogP contribution in [0.4, 0.5) is 0 Å². The highest BCUT2D eigenvalue weighted by Gasteiger charge is 2.28. The predicted octanol–water partition coefficient (Wildman–Crippen LogP) is 2.27. The molecule has 5 heteroatoms. The molecule has 22 heavy (non-hydrogen) atoms. The van der Waals surface area contributed by atoms with Crippen LogP contribution in [-0.2, 0) is 9.59 Å². The molecule has 3 rings (SSSR count). The average Bonchev–Trinajstić information content (AvgIpc) is 2.59. The van der Waals surface area contributed by atoms with Crippen LogP contribution < -0.4 is 5.56 Å². The molecule has 1 aliphatic carbocycles. The third-order valence-electron chi connectivity index (χ3n) is 4.01. The molecule has 1 aliphatic rings. The first-order chi connectivity index (χ1) is 10.8. The first kappa shape index (κ1) is 13.4. The number of benzene rings is 1. The second-order valence-corrected chi connectivity index (χ2v) is 5.76. The Hall–Kier alpha value is -2.30. The highest BCUT2D eigenvalue weighted by molar-refractivity contribution is 6.01. The summed E-state index contributed by atoms with van der Waals surface area (Å²) in [5.74, 6) is -0.373.